The molecule has 0 amide bonds. The van der Waals surface area contributed by atoms with Crippen molar-refractivity contribution in [1.82, 2.24) is 0 Å². The Morgan fingerprint density at radius 1 is 0.357 bits per heavy atom. The van der Waals surface area contributed by atoms with E-state index in [0.29, 0.717) is 0 Å². The molecule has 4 aromatic rings. The number of hydrogen-bond acceptors (Lipinski definition) is 2. The van der Waals surface area contributed by atoms with Crippen molar-refractivity contribution in [2.75, 3.05) is 10.0 Å². The average molecular weight is 364 g/mol. The number of rotatable bonds is 7. The molecule has 0 fully saturated rings. The molecule has 28 heavy (non-hydrogen) atoms. The summed E-state index contributed by atoms with van der Waals surface area (Å²) in [7, 11) is 0. The Morgan fingerprint density at radius 2 is 0.643 bits per heavy atom. The Kier molecular flexibility index (Phi) is 5.69. The third-order valence-electron chi connectivity index (χ3n) is 4.75. The number of nitrogens with zero attached hydrogens (tertiary/aromatic N) is 2. The van der Waals surface area contributed by atoms with E-state index in [2.05, 4.69) is 131 Å². The van der Waals surface area contributed by atoms with E-state index in [4.69, 9.17) is 0 Å². The SMILES string of the molecule is c1ccc(CN(c2ccccc2)N(Cc2ccccc2)c2ccccc2)cc1. The highest BCUT2D eigenvalue weighted by Gasteiger charge is 2.18. The van der Waals surface area contributed by atoms with E-state index in [-0.39, 0.29) is 0 Å². The first kappa shape index (κ1) is 17.9. The van der Waals surface area contributed by atoms with Gasteiger partial charge in [-0.3, -0.25) is 10.0 Å². The summed E-state index contributed by atoms with van der Waals surface area (Å²) in [5, 5.41) is 4.72. The Balaban J connectivity index is 1.76. The maximum atomic E-state index is 2.36. The van der Waals surface area contributed by atoms with Gasteiger partial charge >= 0.3 is 0 Å². The lowest BCUT2D eigenvalue weighted by Gasteiger charge is -2.38. The van der Waals surface area contributed by atoms with E-state index in [1.54, 1.807) is 0 Å². The zero-order valence-electron chi connectivity index (χ0n) is 15.9. The van der Waals surface area contributed by atoms with Gasteiger partial charge in [-0.1, -0.05) is 97.1 Å². The van der Waals surface area contributed by atoms with Crippen LogP contribution in [0.1, 0.15) is 11.1 Å². The lowest BCUT2D eigenvalue weighted by Crippen LogP contribution is -2.42. The molecule has 2 heteroatoms. The summed E-state index contributed by atoms with van der Waals surface area (Å²) >= 11 is 0. The van der Waals surface area contributed by atoms with Gasteiger partial charge in [0, 0.05) is 0 Å². The molecule has 0 saturated heterocycles. The van der Waals surface area contributed by atoms with Gasteiger partial charge in [-0.15, -0.1) is 0 Å². The van der Waals surface area contributed by atoms with E-state index >= 15 is 0 Å². The number of para-hydroxylation sites is 2. The Bertz CT molecular complexity index is 871. The summed E-state index contributed by atoms with van der Waals surface area (Å²) in [6, 6.07) is 42.5. The first-order valence-corrected chi connectivity index (χ1v) is 9.63. The molecular weight excluding hydrogens is 340 g/mol. The lowest BCUT2D eigenvalue weighted by atomic mass is 10.2. The van der Waals surface area contributed by atoms with Gasteiger partial charge in [0.25, 0.3) is 0 Å². The van der Waals surface area contributed by atoms with Crippen molar-refractivity contribution < 1.29 is 0 Å². The van der Waals surface area contributed by atoms with Gasteiger partial charge in [0.2, 0.25) is 0 Å². The monoisotopic (exact) mass is 364 g/mol. The fraction of sp³-hybridized carbons (Fsp3) is 0.0769. The third-order valence-corrected chi connectivity index (χ3v) is 4.75. The lowest BCUT2D eigenvalue weighted by molar-refractivity contribution is 0.710. The van der Waals surface area contributed by atoms with Crippen molar-refractivity contribution in [3.63, 3.8) is 0 Å². The van der Waals surface area contributed by atoms with Gasteiger partial charge < -0.3 is 0 Å². The number of anilines is 2. The molecule has 0 aliphatic heterocycles. The van der Waals surface area contributed by atoms with Crippen LogP contribution < -0.4 is 10.0 Å². The van der Waals surface area contributed by atoms with E-state index in [1.165, 1.54) is 22.5 Å². The maximum Gasteiger partial charge on any atom is 0.0646 e. The van der Waals surface area contributed by atoms with Crippen LogP contribution in [-0.2, 0) is 13.1 Å². The Hall–Kier alpha value is -3.52. The highest BCUT2D eigenvalue weighted by Crippen LogP contribution is 2.26. The Morgan fingerprint density at radius 3 is 0.964 bits per heavy atom. The van der Waals surface area contributed by atoms with Crippen molar-refractivity contribution in [2.24, 2.45) is 0 Å². The maximum absolute atomic E-state index is 2.36. The molecule has 0 aromatic heterocycles. The van der Waals surface area contributed by atoms with Gasteiger partial charge in [-0.05, 0) is 35.4 Å². The molecule has 0 atom stereocenters. The van der Waals surface area contributed by atoms with Gasteiger partial charge in [0.05, 0.1) is 24.5 Å². The second-order valence-corrected chi connectivity index (χ2v) is 6.76. The highest BCUT2D eigenvalue weighted by molar-refractivity contribution is 5.58. The summed E-state index contributed by atoms with van der Waals surface area (Å²) in [5.74, 6) is 0. The van der Waals surface area contributed by atoms with Crippen LogP contribution in [0.25, 0.3) is 0 Å². The molecule has 0 N–H and O–H groups in total. The van der Waals surface area contributed by atoms with Crippen molar-refractivity contribution in [3.05, 3.63) is 132 Å². The molecular formula is C26H24N2. The van der Waals surface area contributed by atoms with Crippen LogP contribution in [0.3, 0.4) is 0 Å². The van der Waals surface area contributed by atoms with Crippen LogP contribution in [0.15, 0.2) is 121 Å². The number of hydrazine groups is 1. The molecule has 0 saturated carbocycles. The van der Waals surface area contributed by atoms with Gasteiger partial charge in [-0.2, -0.15) is 0 Å². The Labute approximate surface area is 167 Å². The first-order chi connectivity index (χ1) is 13.9. The van der Waals surface area contributed by atoms with Crippen LogP contribution in [0, 0.1) is 0 Å². The average Bonchev–Trinajstić information content (AvgIpc) is 2.79. The van der Waals surface area contributed by atoms with E-state index in [0.717, 1.165) is 13.1 Å². The van der Waals surface area contributed by atoms with Crippen LogP contribution in [0.5, 0.6) is 0 Å². The topological polar surface area (TPSA) is 6.48 Å². The number of benzene rings is 4. The minimum absolute atomic E-state index is 0.798. The second kappa shape index (κ2) is 8.92. The molecule has 4 aromatic carbocycles. The van der Waals surface area contributed by atoms with Crippen molar-refractivity contribution in [3.8, 4) is 0 Å². The molecule has 0 unspecified atom stereocenters. The predicted octanol–water partition coefficient (Wildman–Crippen LogP) is 6.32. The second-order valence-electron chi connectivity index (χ2n) is 6.76. The van der Waals surface area contributed by atoms with Gasteiger partial charge in [-0.25, -0.2) is 0 Å². The summed E-state index contributed by atoms with van der Waals surface area (Å²) in [4.78, 5) is 0. The van der Waals surface area contributed by atoms with Crippen LogP contribution in [0.4, 0.5) is 11.4 Å². The highest BCUT2D eigenvalue weighted by atomic mass is 15.6. The van der Waals surface area contributed by atoms with E-state index in [9.17, 15) is 0 Å². The van der Waals surface area contributed by atoms with Crippen molar-refractivity contribution in [2.45, 2.75) is 13.1 Å². The summed E-state index contributed by atoms with van der Waals surface area (Å²) < 4.78 is 0. The van der Waals surface area contributed by atoms with Gasteiger partial charge in [0.15, 0.2) is 0 Å². The predicted molar refractivity (Wildman–Crippen MR) is 118 cm³/mol. The standard InChI is InChI=1S/C26H24N2/c1-5-13-23(14-6-1)21-27(25-17-9-3-10-18-25)28(26-19-11-4-12-20-26)22-24-15-7-2-8-16-24/h1-20H,21-22H2. The molecule has 0 aliphatic carbocycles. The smallest absolute Gasteiger partial charge is 0.0646 e. The van der Waals surface area contributed by atoms with Crippen LogP contribution >= 0.6 is 0 Å². The zero-order chi connectivity index (χ0) is 19.0. The summed E-state index contributed by atoms with van der Waals surface area (Å²) in [6.07, 6.45) is 0. The van der Waals surface area contributed by atoms with E-state index in [1.807, 2.05) is 0 Å². The molecule has 0 heterocycles. The van der Waals surface area contributed by atoms with E-state index < -0.39 is 0 Å². The van der Waals surface area contributed by atoms with Gasteiger partial charge in [0.1, 0.15) is 0 Å². The van der Waals surface area contributed by atoms with Crippen molar-refractivity contribution in [1.29, 1.82) is 0 Å². The van der Waals surface area contributed by atoms with Crippen LogP contribution in [0.2, 0.25) is 0 Å². The zero-order valence-corrected chi connectivity index (χ0v) is 15.9. The molecule has 0 bridgehead atoms. The largest absolute Gasteiger partial charge is 0.281 e. The minimum atomic E-state index is 0.798. The number of hydrogen-bond donors (Lipinski definition) is 0. The molecule has 138 valence electrons. The van der Waals surface area contributed by atoms with Crippen LogP contribution in [-0.4, -0.2) is 0 Å². The summed E-state index contributed by atoms with van der Waals surface area (Å²) in [6.45, 7) is 1.60. The molecule has 2 nitrogen and oxygen atoms in total. The minimum Gasteiger partial charge on any atom is -0.281 e. The van der Waals surface area contributed by atoms with Crippen molar-refractivity contribution >= 4 is 11.4 Å². The molecule has 4 rings (SSSR count). The third kappa shape index (κ3) is 4.41. The quantitative estimate of drug-likeness (QED) is 0.354. The molecule has 0 aliphatic rings. The molecule has 0 spiro atoms. The normalized spacial score (nSPS) is 10.4. The summed E-state index contributed by atoms with van der Waals surface area (Å²) in [5.41, 5.74) is 4.90. The fourth-order valence-electron chi connectivity index (χ4n) is 3.34. The first-order valence-electron chi connectivity index (χ1n) is 9.63. The fourth-order valence-corrected chi connectivity index (χ4v) is 3.34. The molecule has 0 radical (unpaired) electrons.